The van der Waals surface area contributed by atoms with Crippen LogP contribution in [0.3, 0.4) is 0 Å². The summed E-state index contributed by atoms with van der Waals surface area (Å²) in [7, 11) is 0. The number of carbonyl (C=O) groups excluding carboxylic acids is 1. The van der Waals surface area contributed by atoms with E-state index in [0.717, 1.165) is 44.5 Å². The Morgan fingerprint density at radius 1 is 1.22 bits per heavy atom. The lowest BCUT2D eigenvalue weighted by atomic mass is 10.0. The number of nitrogens with zero attached hydrogens (tertiary/aromatic N) is 1. The number of thiophene rings is 1. The van der Waals surface area contributed by atoms with Crippen molar-refractivity contribution in [3.63, 3.8) is 0 Å². The molecule has 1 amide bonds. The summed E-state index contributed by atoms with van der Waals surface area (Å²) >= 11 is 1.78. The molecule has 3 rings (SSSR count). The fourth-order valence-corrected chi connectivity index (χ4v) is 3.87. The summed E-state index contributed by atoms with van der Waals surface area (Å²) in [5.41, 5.74) is 1.14. The Morgan fingerprint density at radius 2 is 2.09 bits per heavy atom. The third kappa shape index (κ3) is 4.83. The predicted octanol–water partition coefficient (Wildman–Crippen LogP) is 4.17. The van der Waals surface area contributed by atoms with E-state index in [0.29, 0.717) is 18.4 Å². The molecule has 4 heteroatoms. The summed E-state index contributed by atoms with van der Waals surface area (Å²) in [6.07, 6.45) is 4.85. The predicted molar refractivity (Wildman–Crippen MR) is 96.9 cm³/mol. The van der Waals surface area contributed by atoms with E-state index in [1.807, 2.05) is 23.1 Å². The van der Waals surface area contributed by atoms with Crippen LogP contribution in [0.25, 0.3) is 0 Å². The summed E-state index contributed by atoms with van der Waals surface area (Å²) in [6.45, 7) is 1.73. The zero-order chi connectivity index (χ0) is 15.9. The monoisotopic (exact) mass is 328 g/mol. The first kappa shape index (κ1) is 16.1. The van der Waals surface area contributed by atoms with Crippen molar-refractivity contribution in [2.24, 2.45) is 0 Å². The summed E-state index contributed by atoms with van der Waals surface area (Å²) in [5, 5.41) is 5.65. The molecule has 1 aromatic carbocycles. The third-order valence-electron chi connectivity index (χ3n) is 4.31. The standard InChI is InChI=1S/C19H24N2OS/c22-19(12-4-10-18-11-6-14-23-18)21-13-5-9-17(15-21)20-16-7-2-1-3-8-16/h1-3,6-8,11,14,17,20H,4-5,9-10,12-13,15H2/t17-/m1/s1. The van der Waals surface area contributed by atoms with E-state index in [1.54, 1.807) is 11.3 Å². The molecule has 23 heavy (non-hydrogen) atoms. The largest absolute Gasteiger partial charge is 0.381 e. The lowest BCUT2D eigenvalue weighted by Crippen LogP contribution is -2.45. The number of amides is 1. The molecule has 0 aliphatic carbocycles. The molecule has 2 heterocycles. The highest BCUT2D eigenvalue weighted by Gasteiger charge is 2.23. The van der Waals surface area contributed by atoms with Gasteiger partial charge < -0.3 is 10.2 Å². The molecule has 1 aliphatic rings. The van der Waals surface area contributed by atoms with Crippen LogP contribution in [0.2, 0.25) is 0 Å². The Bertz CT molecular complexity index is 597. The van der Waals surface area contributed by atoms with E-state index >= 15 is 0 Å². The fourth-order valence-electron chi connectivity index (χ4n) is 3.12. The van der Waals surface area contributed by atoms with Gasteiger partial charge in [0.15, 0.2) is 0 Å². The van der Waals surface area contributed by atoms with Crippen molar-refractivity contribution in [3.8, 4) is 0 Å². The molecule has 1 aromatic heterocycles. The number of hydrogen-bond donors (Lipinski definition) is 1. The van der Waals surface area contributed by atoms with Gasteiger partial charge in [0.25, 0.3) is 0 Å². The van der Waals surface area contributed by atoms with Crippen LogP contribution in [0.1, 0.15) is 30.6 Å². The van der Waals surface area contributed by atoms with E-state index in [4.69, 9.17) is 0 Å². The van der Waals surface area contributed by atoms with Crippen LogP contribution in [0.4, 0.5) is 5.69 Å². The minimum absolute atomic E-state index is 0.307. The van der Waals surface area contributed by atoms with Crippen molar-refractivity contribution in [2.75, 3.05) is 18.4 Å². The average Bonchev–Trinajstić information content (AvgIpc) is 3.09. The van der Waals surface area contributed by atoms with Gasteiger partial charge >= 0.3 is 0 Å². The Hall–Kier alpha value is -1.81. The zero-order valence-corrected chi connectivity index (χ0v) is 14.2. The van der Waals surface area contributed by atoms with Crippen LogP contribution in [-0.4, -0.2) is 29.9 Å². The molecular weight excluding hydrogens is 304 g/mol. The first-order valence-corrected chi connectivity index (χ1v) is 9.31. The number of rotatable bonds is 6. The van der Waals surface area contributed by atoms with Crippen LogP contribution in [0.15, 0.2) is 47.8 Å². The second-order valence-corrected chi connectivity index (χ2v) is 7.15. The van der Waals surface area contributed by atoms with E-state index in [2.05, 4.69) is 35.0 Å². The normalized spacial score (nSPS) is 17.9. The molecule has 0 saturated carbocycles. The van der Waals surface area contributed by atoms with Crippen molar-refractivity contribution in [2.45, 2.75) is 38.1 Å². The summed E-state index contributed by atoms with van der Waals surface area (Å²) in [6, 6.07) is 14.9. The quantitative estimate of drug-likeness (QED) is 0.863. The van der Waals surface area contributed by atoms with Crippen molar-refractivity contribution < 1.29 is 4.79 Å². The van der Waals surface area contributed by atoms with Crippen molar-refractivity contribution in [1.82, 2.24) is 4.90 Å². The maximum Gasteiger partial charge on any atom is 0.222 e. The van der Waals surface area contributed by atoms with Crippen LogP contribution in [-0.2, 0) is 11.2 Å². The van der Waals surface area contributed by atoms with Gasteiger partial charge in [-0.05, 0) is 49.3 Å². The van der Waals surface area contributed by atoms with Gasteiger partial charge in [0.05, 0.1) is 0 Å². The molecule has 0 radical (unpaired) electrons. The highest BCUT2D eigenvalue weighted by Crippen LogP contribution is 2.18. The van der Waals surface area contributed by atoms with Gasteiger partial charge in [-0.15, -0.1) is 11.3 Å². The highest BCUT2D eigenvalue weighted by atomic mass is 32.1. The van der Waals surface area contributed by atoms with E-state index < -0.39 is 0 Å². The number of para-hydroxylation sites is 1. The van der Waals surface area contributed by atoms with Gasteiger partial charge in [-0.1, -0.05) is 24.3 Å². The van der Waals surface area contributed by atoms with Crippen molar-refractivity contribution >= 4 is 22.9 Å². The second-order valence-electron chi connectivity index (χ2n) is 6.12. The first-order chi connectivity index (χ1) is 11.3. The zero-order valence-electron chi connectivity index (χ0n) is 13.4. The molecule has 122 valence electrons. The minimum Gasteiger partial charge on any atom is -0.381 e. The number of carbonyl (C=O) groups is 1. The molecule has 1 N–H and O–H groups in total. The van der Waals surface area contributed by atoms with E-state index in [9.17, 15) is 4.79 Å². The molecule has 2 aromatic rings. The molecule has 0 spiro atoms. The molecule has 3 nitrogen and oxygen atoms in total. The van der Waals surface area contributed by atoms with Gasteiger partial charge in [0, 0.05) is 36.1 Å². The number of aryl methyl sites for hydroxylation is 1. The van der Waals surface area contributed by atoms with Gasteiger partial charge in [-0.2, -0.15) is 0 Å². The van der Waals surface area contributed by atoms with Gasteiger partial charge in [-0.3, -0.25) is 4.79 Å². The third-order valence-corrected chi connectivity index (χ3v) is 5.25. The lowest BCUT2D eigenvalue weighted by molar-refractivity contribution is -0.132. The lowest BCUT2D eigenvalue weighted by Gasteiger charge is -2.33. The van der Waals surface area contributed by atoms with Crippen LogP contribution >= 0.6 is 11.3 Å². The number of benzene rings is 1. The SMILES string of the molecule is O=C(CCCc1cccs1)N1CCC[C@@H](Nc2ccccc2)C1. The minimum atomic E-state index is 0.307. The number of likely N-dealkylation sites (tertiary alicyclic amines) is 1. The van der Waals surface area contributed by atoms with Crippen LogP contribution < -0.4 is 5.32 Å². The summed E-state index contributed by atoms with van der Waals surface area (Å²) in [4.78, 5) is 15.8. The van der Waals surface area contributed by atoms with Gasteiger partial charge in [-0.25, -0.2) is 0 Å². The highest BCUT2D eigenvalue weighted by molar-refractivity contribution is 7.09. The molecular formula is C19H24N2OS. The molecule has 1 saturated heterocycles. The number of anilines is 1. The van der Waals surface area contributed by atoms with E-state index in [-0.39, 0.29) is 0 Å². The van der Waals surface area contributed by atoms with E-state index in [1.165, 1.54) is 4.88 Å². The van der Waals surface area contributed by atoms with Crippen molar-refractivity contribution in [1.29, 1.82) is 0 Å². The van der Waals surface area contributed by atoms with Crippen LogP contribution in [0.5, 0.6) is 0 Å². The summed E-state index contributed by atoms with van der Waals surface area (Å²) < 4.78 is 0. The molecule has 1 aliphatic heterocycles. The number of nitrogens with one attached hydrogen (secondary N) is 1. The van der Waals surface area contributed by atoms with Gasteiger partial charge in [0.2, 0.25) is 5.91 Å². The number of piperidine rings is 1. The molecule has 1 fully saturated rings. The summed E-state index contributed by atoms with van der Waals surface area (Å²) in [5.74, 6) is 0.307. The second kappa shape index (κ2) is 8.16. The number of hydrogen-bond acceptors (Lipinski definition) is 3. The van der Waals surface area contributed by atoms with Crippen molar-refractivity contribution in [3.05, 3.63) is 52.7 Å². The molecule has 1 atom stereocenters. The molecule has 0 bridgehead atoms. The van der Waals surface area contributed by atoms with Gasteiger partial charge in [0.1, 0.15) is 0 Å². The smallest absolute Gasteiger partial charge is 0.222 e. The maximum absolute atomic E-state index is 12.4. The Labute approximate surface area is 142 Å². The average molecular weight is 328 g/mol. The maximum atomic E-state index is 12.4. The first-order valence-electron chi connectivity index (χ1n) is 8.43. The fraction of sp³-hybridized carbons (Fsp3) is 0.421. The Kier molecular flexibility index (Phi) is 5.70. The topological polar surface area (TPSA) is 32.3 Å². The molecule has 0 unspecified atom stereocenters. The van der Waals surface area contributed by atoms with Crippen LogP contribution in [0, 0.1) is 0 Å². The Morgan fingerprint density at radius 3 is 2.87 bits per heavy atom. The Balaban J connectivity index is 1.44.